The highest BCUT2D eigenvalue weighted by atomic mass is 32.2. The number of nitrogens with one attached hydrogen (secondary N) is 2. The zero-order chi connectivity index (χ0) is 18.2. The minimum Gasteiger partial charge on any atom is -0.357 e. The third kappa shape index (κ3) is 5.27. The van der Waals surface area contributed by atoms with Crippen LogP contribution in [0, 0.1) is 0 Å². The van der Waals surface area contributed by atoms with Crippen molar-refractivity contribution < 1.29 is 0 Å². The quantitative estimate of drug-likeness (QED) is 0.579. The molecule has 5 nitrogen and oxygen atoms in total. The Bertz CT molecular complexity index is 697. The van der Waals surface area contributed by atoms with Crippen molar-refractivity contribution in [1.29, 1.82) is 0 Å². The maximum atomic E-state index is 4.78. The second kappa shape index (κ2) is 9.67. The van der Waals surface area contributed by atoms with E-state index in [1.807, 2.05) is 30.2 Å². The van der Waals surface area contributed by atoms with Gasteiger partial charge in [-0.3, -0.25) is 0 Å². The number of hydrogen-bond acceptors (Lipinski definition) is 3. The third-order valence-corrected chi connectivity index (χ3v) is 5.87. The van der Waals surface area contributed by atoms with Crippen LogP contribution in [0.5, 0.6) is 0 Å². The first kappa shape index (κ1) is 18.8. The van der Waals surface area contributed by atoms with Gasteiger partial charge in [0, 0.05) is 36.8 Å². The van der Waals surface area contributed by atoms with Crippen molar-refractivity contribution >= 4 is 17.7 Å². The van der Waals surface area contributed by atoms with Crippen LogP contribution in [-0.2, 0) is 13.1 Å². The first-order valence-corrected chi connectivity index (χ1v) is 10.7. The summed E-state index contributed by atoms with van der Waals surface area (Å²) in [5, 5.41) is 7.75. The van der Waals surface area contributed by atoms with E-state index in [0.717, 1.165) is 30.1 Å². The third-order valence-electron chi connectivity index (χ3n) is 4.78. The van der Waals surface area contributed by atoms with Crippen LogP contribution >= 0.6 is 11.8 Å². The molecule has 1 aliphatic rings. The summed E-state index contributed by atoms with van der Waals surface area (Å²) < 4.78 is 2.17. The van der Waals surface area contributed by atoms with E-state index in [0.29, 0.717) is 12.6 Å². The molecule has 1 fully saturated rings. The Morgan fingerprint density at radius 1 is 1.31 bits per heavy atom. The van der Waals surface area contributed by atoms with Gasteiger partial charge in [0.05, 0.1) is 0 Å². The first-order valence-electron chi connectivity index (χ1n) is 9.40. The van der Waals surface area contributed by atoms with Crippen LogP contribution in [-0.4, -0.2) is 39.6 Å². The Morgan fingerprint density at radius 2 is 2.15 bits per heavy atom. The molecule has 0 amide bonds. The van der Waals surface area contributed by atoms with Crippen molar-refractivity contribution in [2.45, 2.75) is 50.6 Å². The summed E-state index contributed by atoms with van der Waals surface area (Å²) in [5.41, 5.74) is 1.27. The van der Waals surface area contributed by atoms with E-state index in [9.17, 15) is 0 Å². The molecule has 0 radical (unpaired) electrons. The smallest absolute Gasteiger partial charge is 0.191 e. The van der Waals surface area contributed by atoms with Crippen molar-refractivity contribution in [1.82, 2.24) is 20.2 Å². The summed E-state index contributed by atoms with van der Waals surface area (Å²) in [6, 6.07) is 11.0. The van der Waals surface area contributed by atoms with Gasteiger partial charge in [-0.25, -0.2) is 9.98 Å². The maximum Gasteiger partial charge on any atom is 0.191 e. The lowest BCUT2D eigenvalue weighted by Crippen LogP contribution is -2.42. The summed E-state index contributed by atoms with van der Waals surface area (Å²) in [4.78, 5) is 9.28. The fourth-order valence-corrected chi connectivity index (χ4v) is 4.16. The summed E-state index contributed by atoms with van der Waals surface area (Å²) in [5.74, 6) is 1.88. The summed E-state index contributed by atoms with van der Waals surface area (Å²) >= 11 is 1.98. The number of hydrogen-bond donors (Lipinski definition) is 2. The van der Waals surface area contributed by atoms with Gasteiger partial charge >= 0.3 is 0 Å². The molecule has 0 aliphatic heterocycles. The van der Waals surface area contributed by atoms with Crippen LogP contribution in [0.1, 0.15) is 37.6 Å². The Morgan fingerprint density at radius 3 is 2.88 bits per heavy atom. The SMILES string of the molecule is CCNC(=NCc1nccn1Cc1ccccc1)NC1CCC(SC)C1. The monoisotopic (exact) mass is 371 g/mol. The van der Waals surface area contributed by atoms with Crippen molar-refractivity contribution in [3.63, 3.8) is 0 Å². The molecule has 1 aromatic heterocycles. The van der Waals surface area contributed by atoms with Crippen LogP contribution in [0.3, 0.4) is 0 Å². The normalized spacial score (nSPS) is 20.3. The van der Waals surface area contributed by atoms with Crippen LogP contribution < -0.4 is 10.6 Å². The topological polar surface area (TPSA) is 54.2 Å². The first-order chi connectivity index (χ1) is 12.8. The zero-order valence-electron chi connectivity index (χ0n) is 15.7. The van der Waals surface area contributed by atoms with E-state index < -0.39 is 0 Å². The zero-order valence-corrected chi connectivity index (χ0v) is 16.5. The predicted molar refractivity (Wildman–Crippen MR) is 111 cm³/mol. The lowest BCUT2D eigenvalue weighted by atomic mass is 10.2. The fourth-order valence-electron chi connectivity index (χ4n) is 3.36. The van der Waals surface area contributed by atoms with Crippen molar-refractivity contribution in [3.05, 3.63) is 54.1 Å². The van der Waals surface area contributed by atoms with E-state index in [-0.39, 0.29) is 0 Å². The number of aromatic nitrogens is 2. The lowest BCUT2D eigenvalue weighted by molar-refractivity contribution is 0.613. The van der Waals surface area contributed by atoms with Crippen molar-refractivity contribution in [2.75, 3.05) is 12.8 Å². The molecule has 2 N–H and O–H groups in total. The van der Waals surface area contributed by atoms with Gasteiger partial charge in [-0.15, -0.1) is 0 Å². The molecule has 6 heteroatoms. The predicted octanol–water partition coefficient (Wildman–Crippen LogP) is 3.27. The van der Waals surface area contributed by atoms with E-state index in [1.54, 1.807) is 0 Å². The van der Waals surface area contributed by atoms with Gasteiger partial charge in [0.25, 0.3) is 0 Å². The standard InChI is InChI=1S/C20H29N5S/c1-3-21-20(24-17-9-10-18(13-17)26-2)23-14-19-22-11-12-25(19)15-16-7-5-4-6-8-16/h4-8,11-12,17-18H,3,9-10,13-15H2,1-2H3,(H2,21,23,24). The fraction of sp³-hybridized carbons (Fsp3) is 0.500. The second-order valence-electron chi connectivity index (χ2n) is 6.66. The second-order valence-corrected chi connectivity index (χ2v) is 7.80. The number of imidazole rings is 1. The van der Waals surface area contributed by atoms with Crippen LogP contribution in [0.2, 0.25) is 0 Å². The summed E-state index contributed by atoms with van der Waals surface area (Å²) in [7, 11) is 0. The van der Waals surface area contributed by atoms with Gasteiger partial charge in [0.15, 0.2) is 5.96 Å². The molecule has 2 aromatic rings. The van der Waals surface area contributed by atoms with Crippen LogP contribution in [0.4, 0.5) is 0 Å². The van der Waals surface area contributed by atoms with E-state index >= 15 is 0 Å². The van der Waals surface area contributed by atoms with Crippen LogP contribution in [0.15, 0.2) is 47.7 Å². The number of rotatable bonds is 7. The van der Waals surface area contributed by atoms with Crippen molar-refractivity contribution in [3.8, 4) is 0 Å². The van der Waals surface area contributed by atoms with Gasteiger partial charge in [-0.05, 0) is 38.0 Å². The van der Waals surface area contributed by atoms with E-state index in [2.05, 4.69) is 57.6 Å². The molecule has 0 bridgehead atoms. The molecule has 3 rings (SSSR count). The lowest BCUT2D eigenvalue weighted by Gasteiger charge is -2.17. The van der Waals surface area contributed by atoms with Gasteiger partial charge < -0.3 is 15.2 Å². The van der Waals surface area contributed by atoms with Crippen LogP contribution in [0.25, 0.3) is 0 Å². The van der Waals surface area contributed by atoms with E-state index in [4.69, 9.17) is 4.99 Å². The number of nitrogens with zero attached hydrogens (tertiary/aromatic N) is 3. The Hall–Kier alpha value is -1.95. The van der Waals surface area contributed by atoms with Gasteiger partial charge in [0.2, 0.25) is 0 Å². The molecule has 1 saturated carbocycles. The molecule has 140 valence electrons. The van der Waals surface area contributed by atoms with Gasteiger partial charge in [-0.1, -0.05) is 30.3 Å². The molecular formula is C20H29N5S. The number of benzene rings is 1. The molecule has 0 spiro atoms. The molecule has 2 atom stereocenters. The number of aliphatic imine (C=N–C) groups is 1. The van der Waals surface area contributed by atoms with Gasteiger partial charge in [-0.2, -0.15) is 11.8 Å². The highest BCUT2D eigenvalue weighted by Gasteiger charge is 2.24. The van der Waals surface area contributed by atoms with Gasteiger partial charge in [0.1, 0.15) is 12.4 Å². The average molecular weight is 372 g/mol. The number of guanidine groups is 1. The molecule has 1 aromatic carbocycles. The largest absolute Gasteiger partial charge is 0.357 e. The van der Waals surface area contributed by atoms with E-state index in [1.165, 1.54) is 24.8 Å². The average Bonchev–Trinajstić information content (AvgIpc) is 3.30. The summed E-state index contributed by atoms with van der Waals surface area (Å²) in [6.45, 7) is 4.37. The number of thioether (sulfide) groups is 1. The Balaban J connectivity index is 1.62. The molecular weight excluding hydrogens is 342 g/mol. The molecule has 0 saturated heterocycles. The maximum absolute atomic E-state index is 4.78. The molecule has 1 heterocycles. The molecule has 2 unspecified atom stereocenters. The highest BCUT2D eigenvalue weighted by Crippen LogP contribution is 2.28. The Kier molecular flexibility index (Phi) is 7.00. The summed E-state index contributed by atoms with van der Waals surface area (Å²) in [6.07, 6.45) is 9.82. The minimum atomic E-state index is 0.523. The Labute approximate surface area is 160 Å². The van der Waals surface area contributed by atoms with Crippen molar-refractivity contribution in [2.24, 2.45) is 4.99 Å². The minimum absolute atomic E-state index is 0.523. The highest BCUT2D eigenvalue weighted by molar-refractivity contribution is 7.99. The molecule has 1 aliphatic carbocycles. The molecule has 26 heavy (non-hydrogen) atoms.